The van der Waals surface area contributed by atoms with Crippen LogP contribution in [0.5, 0.6) is 0 Å². The van der Waals surface area contributed by atoms with Crippen LogP contribution in [0.25, 0.3) is 0 Å². The summed E-state index contributed by atoms with van der Waals surface area (Å²) in [4.78, 5) is 0. The molecule has 0 amide bonds. The van der Waals surface area contributed by atoms with Crippen molar-refractivity contribution in [3.63, 3.8) is 0 Å². The van der Waals surface area contributed by atoms with Crippen molar-refractivity contribution in [3.8, 4) is 0 Å². The number of nitrogens with one attached hydrogen (secondary N) is 1. The molecule has 1 atom stereocenters. The molecule has 2 aromatic carbocycles. The summed E-state index contributed by atoms with van der Waals surface area (Å²) in [6, 6.07) is 11.0. The summed E-state index contributed by atoms with van der Waals surface area (Å²) in [6.45, 7) is 0.943. The maximum Gasteiger partial charge on any atom is 0.144 e. The van der Waals surface area contributed by atoms with Gasteiger partial charge in [-0.1, -0.05) is 24.3 Å². The summed E-state index contributed by atoms with van der Waals surface area (Å²) in [5.74, 6) is -0.580. The summed E-state index contributed by atoms with van der Waals surface area (Å²) in [5.41, 5.74) is 2.81. The maximum atomic E-state index is 13.8. The van der Waals surface area contributed by atoms with E-state index in [1.54, 1.807) is 0 Å². The van der Waals surface area contributed by atoms with Gasteiger partial charge >= 0.3 is 0 Å². The third-order valence-electron chi connectivity index (χ3n) is 3.79. The van der Waals surface area contributed by atoms with Crippen LogP contribution in [0.1, 0.15) is 22.6 Å². The Balaban J connectivity index is 1.61. The molecule has 0 saturated heterocycles. The molecule has 0 spiro atoms. The molecule has 0 bridgehead atoms. The van der Waals surface area contributed by atoms with Crippen molar-refractivity contribution in [2.75, 3.05) is 6.54 Å². The molecule has 4 heteroatoms. The van der Waals surface area contributed by atoms with E-state index in [2.05, 4.69) is 33.4 Å². The van der Waals surface area contributed by atoms with E-state index in [1.807, 2.05) is 12.1 Å². The molecule has 1 unspecified atom stereocenters. The Morgan fingerprint density at radius 2 is 1.95 bits per heavy atom. The molecule has 3 rings (SSSR count). The molecule has 20 heavy (non-hydrogen) atoms. The second kappa shape index (κ2) is 5.62. The van der Waals surface area contributed by atoms with Crippen molar-refractivity contribution in [2.24, 2.45) is 0 Å². The molecule has 0 saturated carbocycles. The molecule has 0 heterocycles. The number of benzene rings is 2. The highest BCUT2D eigenvalue weighted by atomic mass is 79.9. The van der Waals surface area contributed by atoms with E-state index in [1.165, 1.54) is 23.3 Å². The van der Waals surface area contributed by atoms with E-state index in [0.29, 0.717) is 10.4 Å². The van der Waals surface area contributed by atoms with Crippen LogP contribution < -0.4 is 5.32 Å². The van der Waals surface area contributed by atoms with Crippen LogP contribution in [0.2, 0.25) is 0 Å². The van der Waals surface area contributed by atoms with Gasteiger partial charge in [0.1, 0.15) is 11.6 Å². The summed E-state index contributed by atoms with van der Waals surface area (Å²) < 4.78 is 27.7. The first-order valence-electron chi connectivity index (χ1n) is 6.57. The molecule has 0 fully saturated rings. The van der Waals surface area contributed by atoms with E-state index >= 15 is 0 Å². The van der Waals surface area contributed by atoms with Crippen LogP contribution in [0.3, 0.4) is 0 Å². The van der Waals surface area contributed by atoms with E-state index in [-0.39, 0.29) is 12.1 Å². The average molecular weight is 338 g/mol. The van der Waals surface area contributed by atoms with Gasteiger partial charge in [-0.2, -0.15) is 0 Å². The first kappa shape index (κ1) is 13.7. The van der Waals surface area contributed by atoms with Gasteiger partial charge in [-0.05, 0) is 45.6 Å². The highest BCUT2D eigenvalue weighted by Crippen LogP contribution is 2.34. The molecule has 2 aromatic rings. The molecule has 0 aliphatic heterocycles. The monoisotopic (exact) mass is 337 g/mol. The van der Waals surface area contributed by atoms with E-state index in [9.17, 15) is 8.78 Å². The normalized spacial score (nSPS) is 16.6. The number of rotatable bonds is 4. The smallest absolute Gasteiger partial charge is 0.144 e. The van der Waals surface area contributed by atoms with Gasteiger partial charge in [0.05, 0.1) is 4.47 Å². The quantitative estimate of drug-likeness (QED) is 0.826. The fraction of sp³-hybridized carbons (Fsp3) is 0.250. The van der Waals surface area contributed by atoms with Crippen molar-refractivity contribution < 1.29 is 8.78 Å². The average Bonchev–Trinajstić information content (AvgIpc) is 2.43. The lowest BCUT2D eigenvalue weighted by Crippen LogP contribution is -2.29. The van der Waals surface area contributed by atoms with Gasteiger partial charge < -0.3 is 5.32 Å². The molecule has 1 nitrogen and oxygen atoms in total. The van der Waals surface area contributed by atoms with Gasteiger partial charge in [0.25, 0.3) is 0 Å². The predicted molar refractivity (Wildman–Crippen MR) is 78.7 cm³/mol. The maximum absolute atomic E-state index is 13.8. The SMILES string of the molecule is Fc1ccc(Br)c(F)c1CNCC1Cc2ccccc21. The minimum absolute atomic E-state index is 0.0898. The Kier molecular flexibility index (Phi) is 3.85. The molecule has 1 aliphatic rings. The van der Waals surface area contributed by atoms with Gasteiger partial charge in [-0.3, -0.25) is 0 Å². The van der Waals surface area contributed by atoms with Crippen molar-refractivity contribution in [2.45, 2.75) is 18.9 Å². The Morgan fingerprint density at radius 3 is 2.75 bits per heavy atom. The Hall–Kier alpha value is -1.26. The Labute approximate surface area is 125 Å². The van der Waals surface area contributed by atoms with Crippen molar-refractivity contribution in [1.82, 2.24) is 5.32 Å². The van der Waals surface area contributed by atoms with Crippen LogP contribution in [0.4, 0.5) is 8.78 Å². The number of halogens is 3. The summed E-state index contributed by atoms with van der Waals surface area (Å²) in [7, 11) is 0. The second-order valence-corrected chi connectivity index (χ2v) is 5.91. The standard InChI is InChI=1S/C16H14BrF2N/c17-14-5-6-15(18)13(16(14)19)9-20-8-11-7-10-3-1-2-4-12(10)11/h1-6,11,20H,7-9H2. The van der Waals surface area contributed by atoms with Gasteiger partial charge in [-0.15, -0.1) is 0 Å². The second-order valence-electron chi connectivity index (χ2n) is 5.05. The summed E-state index contributed by atoms with van der Waals surface area (Å²) >= 11 is 3.08. The zero-order valence-corrected chi connectivity index (χ0v) is 12.4. The molecular formula is C16H14BrF2N. The van der Waals surface area contributed by atoms with Crippen molar-refractivity contribution in [3.05, 3.63) is 69.2 Å². The van der Waals surface area contributed by atoms with Gasteiger partial charge in [0, 0.05) is 24.6 Å². The van der Waals surface area contributed by atoms with Gasteiger partial charge in [0.15, 0.2) is 0 Å². The number of fused-ring (bicyclic) bond motifs is 1. The van der Waals surface area contributed by atoms with Crippen LogP contribution in [-0.2, 0) is 13.0 Å². The zero-order chi connectivity index (χ0) is 14.1. The minimum Gasteiger partial charge on any atom is -0.312 e. The zero-order valence-electron chi connectivity index (χ0n) is 10.8. The fourth-order valence-electron chi connectivity index (χ4n) is 2.65. The topological polar surface area (TPSA) is 12.0 Å². The molecule has 0 aromatic heterocycles. The lowest BCUT2D eigenvalue weighted by atomic mass is 9.77. The molecule has 1 N–H and O–H groups in total. The summed E-state index contributed by atoms with van der Waals surface area (Å²) in [5, 5.41) is 3.15. The molecule has 1 aliphatic carbocycles. The van der Waals surface area contributed by atoms with Gasteiger partial charge in [-0.25, -0.2) is 8.78 Å². The number of hydrogen-bond acceptors (Lipinski definition) is 1. The lowest BCUT2D eigenvalue weighted by molar-refractivity contribution is 0.501. The number of hydrogen-bond donors (Lipinski definition) is 1. The Bertz CT molecular complexity index is 642. The largest absolute Gasteiger partial charge is 0.312 e. The Morgan fingerprint density at radius 1 is 1.15 bits per heavy atom. The van der Waals surface area contributed by atoms with Crippen molar-refractivity contribution >= 4 is 15.9 Å². The third kappa shape index (κ3) is 2.50. The molecular weight excluding hydrogens is 324 g/mol. The van der Waals surface area contributed by atoms with Crippen LogP contribution in [-0.4, -0.2) is 6.54 Å². The minimum atomic E-state index is -0.522. The first-order valence-corrected chi connectivity index (χ1v) is 7.37. The van der Waals surface area contributed by atoms with Crippen LogP contribution >= 0.6 is 15.9 Å². The summed E-state index contributed by atoms with van der Waals surface area (Å²) in [6.07, 6.45) is 1.03. The highest BCUT2D eigenvalue weighted by molar-refractivity contribution is 9.10. The van der Waals surface area contributed by atoms with Crippen LogP contribution in [0, 0.1) is 11.6 Å². The van der Waals surface area contributed by atoms with Gasteiger partial charge in [0.2, 0.25) is 0 Å². The first-order chi connectivity index (χ1) is 9.66. The molecule has 104 valence electrons. The molecule has 0 radical (unpaired) electrons. The van der Waals surface area contributed by atoms with E-state index in [4.69, 9.17) is 0 Å². The fourth-order valence-corrected chi connectivity index (χ4v) is 3.02. The highest BCUT2D eigenvalue weighted by Gasteiger charge is 2.24. The predicted octanol–water partition coefficient (Wildman–Crippen LogP) is 4.16. The van der Waals surface area contributed by atoms with Crippen molar-refractivity contribution in [1.29, 1.82) is 0 Å². The van der Waals surface area contributed by atoms with E-state index < -0.39 is 11.6 Å². The van der Waals surface area contributed by atoms with E-state index in [0.717, 1.165) is 13.0 Å². The lowest BCUT2D eigenvalue weighted by Gasteiger charge is -2.30. The third-order valence-corrected chi connectivity index (χ3v) is 4.41. The van der Waals surface area contributed by atoms with Crippen LogP contribution in [0.15, 0.2) is 40.9 Å².